The molecule has 0 aliphatic heterocycles. The summed E-state index contributed by atoms with van der Waals surface area (Å²) in [4.78, 5) is 9.95. The molecule has 0 spiro atoms. The van der Waals surface area contributed by atoms with Gasteiger partial charge in [0.2, 0.25) is 0 Å². The molecule has 0 saturated carbocycles. The number of hydrogen-bond donors (Lipinski definition) is 2. The molecule has 15 heteroatoms. The van der Waals surface area contributed by atoms with Crippen molar-refractivity contribution >= 4 is 130 Å². The fourth-order valence-electron chi connectivity index (χ4n) is 0.186. The maximum atomic E-state index is 9.95. The van der Waals surface area contributed by atoms with Gasteiger partial charge in [0.15, 0.2) is 0 Å². The second-order valence-corrected chi connectivity index (χ2v) is 3.32. The Morgan fingerprint density at radius 3 is 1.12 bits per heavy atom. The first-order valence-electron chi connectivity index (χ1n) is 1.98. The first kappa shape index (κ1) is 31.8. The standard InChI is InChI=1S/CH2O9S2.2K.2Zn.2H/c2-1(9-11(3,4)5)10-12(6,7)8;;;;;;/h(H,3,4,5)(H,6,7,8);;;;;;. The minimum atomic E-state index is -5.15. The van der Waals surface area contributed by atoms with E-state index >= 15 is 0 Å². The van der Waals surface area contributed by atoms with E-state index in [1.54, 1.807) is 0 Å². The van der Waals surface area contributed by atoms with Crippen LogP contribution in [0.15, 0.2) is 0 Å². The summed E-state index contributed by atoms with van der Waals surface area (Å²) in [6.07, 6.45) is -2.29. The molecule has 0 atom stereocenters. The van der Waals surface area contributed by atoms with Gasteiger partial charge in [-0.3, -0.25) is 17.5 Å². The molecule has 80 valence electrons. The first-order chi connectivity index (χ1) is 5.10. The average Bonchev–Trinajstić information content (AvgIpc) is 1.49. The van der Waals surface area contributed by atoms with Crippen LogP contribution in [0.5, 0.6) is 0 Å². The molecule has 0 unspecified atom stereocenters. The topological polar surface area (TPSA) is 144 Å². The van der Waals surface area contributed by atoms with Crippen molar-refractivity contribution in [3.63, 3.8) is 0 Å². The molecular formula is CH4K2O9S2Zn2. The molecule has 9 nitrogen and oxygen atoms in total. The van der Waals surface area contributed by atoms with Crippen LogP contribution in [0, 0.1) is 0 Å². The zero-order chi connectivity index (χ0) is 9.99. The van der Waals surface area contributed by atoms with E-state index in [1.807, 2.05) is 0 Å². The average molecular weight is 433 g/mol. The Kier molecular flexibility index (Phi) is 27.0. The monoisotopic (exact) mass is 430 g/mol. The van der Waals surface area contributed by atoms with E-state index in [1.165, 1.54) is 0 Å². The van der Waals surface area contributed by atoms with Gasteiger partial charge in [-0.05, 0) is 0 Å². The molecule has 0 rings (SSSR count). The summed E-state index contributed by atoms with van der Waals surface area (Å²) in [7, 11) is -10.3. The van der Waals surface area contributed by atoms with Crippen LogP contribution in [0.3, 0.4) is 0 Å². The maximum absolute atomic E-state index is 9.95. The zero-order valence-electron chi connectivity index (χ0n) is 6.48. The molecule has 0 aromatic rings. The van der Waals surface area contributed by atoms with Crippen molar-refractivity contribution in [2.45, 2.75) is 0 Å². The van der Waals surface area contributed by atoms with Crippen molar-refractivity contribution in [2.24, 2.45) is 0 Å². The smallest absolute Gasteiger partial charge is 0 e. The van der Waals surface area contributed by atoms with Crippen molar-refractivity contribution < 1.29 is 78.1 Å². The summed E-state index contributed by atoms with van der Waals surface area (Å²) < 4.78 is 60.1. The molecule has 0 bridgehead atoms. The van der Waals surface area contributed by atoms with Gasteiger partial charge >= 0.3 is 130 Å². The van der Waals surface area contributed by atoms with Crippen molar-refractivity contribution in [3.8, 4) is 0 Å². The van der Waals surface area contributed by atoms with Crippen LogP contribution in [0.25, 0.3) is 0 Å². The Morgan fingerprint density at radius 1 is 0.812 bits per heavy atom. The van der Waals surface area contributed by atoms with Gasteiger partial charge in [-0.1, -0.05) is 0 Å². The number of rotatable bonds is 2. The summed E-state index contributed by atoms with van der Waals surface area (Å²) in [6, 6.07) is 0. The third-order valence-corrected chi connectivity index (χ3v) is 1.04. The quantitative estimate of drug-likeness (QED) is 0.355. The Bertz CT molecular complexity index is 336. The Hall–Kier alpha value is 3.61. The van der Waals surface area contributed by atoms with Gasteiger partial charge in [-0.25, -0.2) is 4.79 Å². The molecule has 0 fully saturated rings. The molecule has 0 amide bonds. The van der Waals surface area contributed by atoms with Crippen LogP contribution in [-0.2, 0) is 68.1 Å². The van der Waals surface area contributed by atoms with Gasteiger partial charge < -0.3 is 0 Å². The fourth-order valence-corrected chi connectivity index (χ4v) is 0.641. The van der Waals surface area contributed by atoms with E-state index in [9.17, 15) is 21.6 Å². The summed E-state index contributed by atoms with van der Waals surface area (Å²) in [5.74, 6) is 0. The van der Waals surface area contributed by atoms with Crippen LogP contribution >= 0.6 is 0 Å². The van der Waals surface area contributed by atoms with Gasteiger partial charge in [0.25, 0.3) is 0 Å². The van der Waals surface area contributed by atoms with Gasteiger partial charge in [0, 0.05) is 39.0 Å². The van der Waals surface area contributed by atoms with Crippen LogP contribution < -0.4 is 0 Å². The molecule has 0 radical (unpaired) electrons. The molecule has 16 heavy (non-hydrogen) atoms. The molecule has 2 N–H and O–H groups in total. The van der Waals surface area contributed by atoms with Crippen molar-refractivity contribution in [2.75, 3.05) is 0 Å². The summed E-state index contributed by atoms with van der Waals surface area (Å²) in [5, 5.41) is 0. The number of carbonyl (C=O) groups is 1. The predicted molar refractivity (Wildman–Crippen MR) is 45.0 cm³/mol. The fraction of sp³-hybridized carbons (Fsp3) is 0. The largest absolute Gasteiger partial charge is 0 e. The molecule has 0 heterocycles. The van der Waals surface area contributed by atoms with Crippen molar-refractivity contribution in [1.29, 1.82) is 0 Å². The SMILES string of the molecule is O=C(OS(=O)(=O)O)OS(=O)(=O)O.[KH].[KH].[Zn].[Zn]. The molecule has 0 aliphatic rings. The van der Waals surface area contributed by atoms with E-state index in [0.29, 0.717) is 0 Å². The van der Waals surface area contributed by atoms with Gasteiger partial charge in [0.05, 0.1) is 0 Å². The van der Waals surface area contributed by atoms with E-state index in [2.05, 4.69) is 8.37 Å². The van der Waals surface area contributed by atoms with Crippen molar-refractivity contribution in [1.82, 2.24) is 0 Å². The van der Waals surface area contributed by atoms with Gasteiger partial charge in [0.1, 0.15) is 0 Å². The van der Waals surface area contributed by atoms with Crippen LogP contribution in [0.1, 0.15) is 0 Å². The number of hydrogen-bond acceptors (Lipinski definition) is 7. The molecule has 0 aromatic heterocycles. The third-order valence-electron chi connectivity index (χ3n) is 0.347. The molecule has 0 aliphatic carbocycles. The van der Waals surface area contributed by atoms with Crippen LogP contribution in [-0.4, -0.2) is 135 Å². The molecular weight excluding hydrogens is 429 g/mol. The summed E-state index contributed by atoms with van der Waals surface area (Å²) >= 11 is 0. The Balaban J connectivity index is -0.000000101. The van der Waals surface area contributed by atoms with E-state index in [0.717, 1.165) is 0 Å². The number of carbonyl (C=O) groups excluding carboxylic acids is 1. The molecule has 0 saturated heterocycles. The zero-order valence-corrected chi connectivity index (χ0v) is 14.1. The summed E-state index contributed by atoms with van der Waals surface area (Å²) in [6.45, 7) is 0. The second kappa shape index (κ2) is 13.6. The van der Waals surface area contributed by atoms with Crippen molar-refractivity contribution in [3.05, 3.63) is 0 Å². The van der Waals surface area contributed by atoms with Crippen LogP contribution in [0.4, 0.5) is 4.79 Å². The maximum Gasteiger partial charge on any atom is 0 e. The van der Waals surface area contributed by atoms with Gasteiger partial charge in [-0.2, -0.15) is 16.8 Å². The first-order valence-corrected chi connectivity index (χ1v) is 4.71. The Morgan fingerprint density at radius 2 is 1.00 bits per heavy atom. The van der Waals surface area contributed by atoms with E-state index < -0.39 is 27.0 Å². The minimum absolute atomic E-state index is 0. The normalized spacial score (nSPS) is 9.12. The van der Waals surface area contributed by atoms with E-state index in [-0.39, 0.29) is 142 Å². The Labute approximate surface area is 202 Å². The third kappa shape index (κ3) is 26.2. The van der Waals surface area contributed by atoms with Crippen LogP contribution in [0.2, 0.25) is 0 Å². The van der Waals surface area contributed by atoms with Gasteiger partial charge in [-0.15, -0.1) is 0 Å². The second-order valence-electron chi connectivity index (χ2n) is 1.27. The minimum Gasteiger partial charge on any atom is 0 e. The predicted octanol–water partition coefficient (Wildman–Crippen LogP) is -2.56. The summed E-state index contributed by atoms with van der Waals surface area (Å²) in [5.41, 5.74) is 0. The molecule has 0 aromatic carbocycles. The van der Waals surface area contributed by atoms with E-state index in [4.69, 9.17) is 9.11 Å².